The Balaban J connectivity index is 2.80. The maximum atomic E-state index is 11.6. The summed E-state index contributed by atoms with van der Waals surface area (Å²) in [4.78, 5) is 34.3. The number of aromatic nitrogens is 1. The third-order valence-electron chi connectivity index (χ3n) is 2.16. The maximum absolute atomic E-state index is 11.6. The molecule has 0 aliphatic carbocycles. The number of hydrogen-bond acceptors (Lipinski definition) is 5. The van der Waals surface area contributed by atoms with Crippen LogP contribution in [0.25, 0.3) is 0 Å². The normalized spacial score (nSPS) is 13.7. The molecule has 0 fully saturated rings. The lowest BCUT2D eigenvalue weighted by Crippen LogP contribution is -2.47. The standard InChI is InChI=1S/C9H11N3O6/c1-4(13)7(9(15)16)11-8(14)6-2-5(3-10-6)12(17)18/h2-4,7,10,13H,1H3,(H,11,14)(H,15,16)/t4-,7+/m1/s1. The fourth-order valence-electron chi connectivity index (χ4n) is 1.23. The number of nitro groups is 1. The van der Waals surface area contributed by atoms with E-state index in [9.17, 15) is 19.7 Å². The molecule has 98 valence electrons. The van der Waals surface area contributed by atoms with Gasteiger partial charge in [0.1, 0.15) is 5.69 Å². The first-order valence-corrected chi connectivity index (χ1v) is 4.87. The van der Waals surface area contributed by atoms with E-state index in [1.165, 1.54) is 6.92 Å². The van der Waals surface area contributed by atoms with Gasteiger partial charge in [0, 0.05) is 6.07 Å². The molecule has 18 heavy (non-hydrogen) atoms. The summed E-state index contributed by atoms with van der Waals surface area (Å²) in [5.41, 5.74) is -0.474. The average molecular weight is 257 g/mol. The second-order valence-corrected chi connectivity index (χ2v) is 3.56. The molecule has 0 unspecified atom stereocenters. The van der Waals surface area contributed by atoms with Crippen molar-refractivity contribution in [3.63, 3.8) is 0 Å². The molecule has 0 aliphatic heterocycles. The third kappa shape index (κ3) is 3.04. The van der Waals surface area contributed by atoms with Crippen molar-refractivity contribution < 1.29 is 24.7 Å². The van der Waals surface area contributed by atoms with Crippen molar-refractivity contribution in [1.29, 1.82) is 0 Å². The van der Waals surface area contributed by atoms with Crippen molar-refractivity contribution in [2.24, 2.45) is 0 Å². The van der Waals surface area contributed by atoms with Crippen molar-refractivity contribution >= 4 is 17.6 Å². The molecule has 0 saturated heterocycles. The molecule has 1 aromatic rings. The number of nitrogens with zero attached hydrogens (tertiary/aromatic N) is 1. The van der Waals surface area contributed by atoms with Crippen molar-refractivity contribution in [1.82, 2.24) is 10.3 Å². The van der Waals surface area contributed by atoms with E-state index < -0.39 is 28.9 Å². The predicted molar refractivity (Wildman–Crippen MR) is 58.0 cm³/mol. The molecule has 4 N–H and O–H groups in total. The lowest BCUT2D eigenvalue weighted by Gasteiger charge is -2.16. The minimum atomic E-state index is -1.49. The Bertz CT molecular complexity index is 480. The highest BCUT2D eigenvalue weighted by Gasteiger charge is 2.26. The minimum absolute atomic E-state index is 0.159. The quantitative estimate of drug-likeness (QED) is 0.412. The van der Waals surface area contributed by atoms with E-state index >= 15 is 0 Å². The largest absolute Gasteiger partial charge is 0.480 e. The van der Waals surface area contributed by atoms with Crippen LogP contribution in [-0.2, 0) is 4.79 Å². The monoisotopic (exact) mass is 257 g/mol. The molecule has 1 rings (SSSR count). The molecule has 0 aromatic carbocycles. The zero-order chi connectivity index (χ0) is 13.9. The van der Waals surface area contributed by atoms with Crippen molar-refractivity contribution in [3.05, 3.63) is 28.1 Å². The molecule has 0 saturated carbocycles. The molecule has 0 bridgehead atoms. The van der Waals surface area contributed by atoms with E-state index in [0.29, 0.717) is 0 Å². The summed E-state index contributed by atoms with van der Waals surface area (Å²) in [6.07, 6.45) is -0.288. The van der Waals surface area contributed by atoms with E-state index in [1.54, 1.807) is 0 Å². The van der Waals surface area contributed by atoms with Crippen molar-refractivity contribution in [2.75, 3.05) is 0 Å². The van der Waals surface area contributed by atoms with Crippen molar-refractivity contribution in [2.45, 2.75) is 19.1 Å². The van der Waals surface area contributed by atoms with Gasteiger partial charge in [0.05, 0.1) is 17.2 Å². The number of H-pyrrole nitrogens is 1. The van der Waals surface area contributed by atoms with Gasteiger partial charge >= 0.3 is 5.97 Å². The number of nitrogens with one attached hydrogen (secondary N) is 2. The first-order chi connectivity index (χ1) is 8.32. The minimum Gasteiger partial charge on any atom is -0.480 e. The highest BCUT2D eigenvalue weighted by Crippen LogP contribution is 2.12. The number of carbonyl (C=O) groups excluding carboxylic acids is 1. The number of amides is 1. The van der Waals surface area contributed by atoms with Crippen LogP contribution >= 0.6 is 0 Å². The van der Waals surface area contributed by atoms with Gasteiger partial charge in [0.15, 0.2) is 6.04 Å². The van der Waals surface area contributed by atoms with E-state index in [0.717, 1.165) is 12.3 Å². The summed E-state index contributed by atoms with van der Waals surface area (Å²) >= 11 is 0. The summed E-state index contributed by atoms with van der Waals surface area (Å²) in [6, 6.07) is -0.518. The fourth-order valence-corrected chi connectivity index (χ4v) is 1.23. The zero-order valence-electron chi connectivity index (χ0n) is 9.28. The molecule has 1 amide bonds. The Hall–Kier alpha value is -2.42. The zero-order valence-corrected chi connectivity index (χ0v) is 9.28. The SMILES string of the molecule is C[C@@H](O)[C@H](NC(=O)c1cc([N+](=O)[O-])c[nH]1)C(=O)O. The Morgan fingerprint density at radius 2 is 2.17 bits per heavy atom. The van der Waals surface area contributed by atoms with Crippen LogP contribution in [0.15, 0.2) is 12.3 Å². The fraction of sp³-hybridized carbons (Fsp3) is 0.333. The number of hydrogen-bond donors (Lipinski definition) is 4. The Morgan fingerprint density at radius 3 is 2.56 bits per heavy atom. The topological polar surface area (TPSA) is 146 Å². The summed E-state index contributed by atoms with van der Waals surface area (Å²) in [5.74, 6) is -2.25. The number of rotatable bonds is 5. The van der Waals surface area contributed by atoms with E-state index in [2.05, 4.69) is 4.98 Å². The van der Waals surface area contributed by atoms with Gasteiger partial charge < -0.3 is 20.5 Å². The Kier molecular flexibility index (Phi) is 4.00. The third-order valence-corrected chi connectivity index (χ3v) is 2.16. The molecule has 1 heterocycles. The summed E-state index contributed by atoms with van der Waals surface area (Å²) in [7, 11) is 0. The molecule has 1 aromatic heterocycles. The van der Waals surface area contributed by atoms with E-state index in [1.807, 2.05) is 5.32 Å². The van der Waals surface area contributed by atoms with Crippen LogP contribution < -0.4 is 5.32 Å². The van der Waals surface area contributed by atoms with Gasteiger partial charge in [-0.3, -0.25) is 14.9 Å². The van der Waals surface area contributed by atoms with Crippen LogP contribution in [0, 0.1) is 10.1 Å². The molecule has 2 atom stereocenters. The number of aliphatic hydroxyl groups is 1. The van der Waals surface area contributed by atoms with Crippen LogP contribution in [0.5, 0.6) is 0 Å². The second-order valence-electron chi connectivity index (χ2n) is 3.56. The first-order valence-electron chi connectivity index (χ1n) is 4.87. The van der Waals surface area contributed by atoms with Gasteiger partial charge in [-0.25, -0.2) is 4.79 Å². The summed E-state index contributed by atoms with van der Waals surface area (Å²) in [6.45, 7) is 1.20. The smallest absolute Gasteiger partial charge is 0.328 e. The van der Waals surface area contributed by atoms with E-state index in [-0.39, 0.29) is 11.4 Å². The highest BCUT2D eigenvalue weighted by molar-refractivity contribution is 5.95. The van der Waals surface area contributed by atoms with Gasteiger partial charge in [-0.05, 0) is 6.92 Å². The lowest BCUT2D eigenvalue weighted by molar-refractivity contribution is -0.384. The molecule has 0 aliphatic rings. The average Bonchev–Trinajstić information content (AvgIpc) is 2.73. The number of aliphatic carboxylic acids is 1. The van der Waals surface area contributed by atoms with Crippen LogP contribution in [-0.4, -0.2) is 44.1 Å². The molecular formula is C9H11N3O6. The molecule has 9 nitrogen and oxygen atoms in total. The first kappa shape index (κ1) is 13.6. The predicted octanol–water partition coefficient (Wildman–Crippen LogP) is -0.513. The maximum Gasteiger partial charge on any atom is 0.328 e. The van der Waals surface area contributed by atoms with Crippen molar-refractivity contribution in [3.8, 4) is 0 Å². The van der Waals surface area contributed by atoms with Crippen LogP contribution in [0.1, 0.15) is 17.4 Å². The number of aromatic amines is 1. The number of carboxylic acid groups (broad SMARTS) is 1. The van der Waals surface area contributed by atoms with Gasteiger partial charge in [0.25, 0.3) is 11.6 Å². The molecule has 9 heteroatoms. The van der Waals surface area contributed by atoms with Gasteiger partial charge in [-0.2, -0.15) is 0 Å². The molecular weight excluding hydrogens is 246 g/mol. The van der Waals surface area contributed by atoms with Crippen LogP contribution in [0.4, 0.5) is 5.69 Å². The Labute approximate surface area is 101 Å². The Morgan fingerprint density at radius 1 is 1.56 bits per heavy atom. The van der Waals surface area contributed by atoms with Crippen LogP contribution in [0.2, 0.25) is 0 Å². The van der Waals surface area contributed by atoms with E-state index in [4.69, 9.17) is 10.2 Å². The number of aliphatic hydroxyl groups excluding tert-OH is 1. The van der Waals surface area contributed by atoms with Gasteiger partial charge in [0.2, 0.25) is 0 Å². The van der Waals surface area contributed by atoms with Gasteiger partial charge in [-0.15, -0.1) is 0 Å². The second kappa shape index (κ2) is 5.27. The number of carbonyl (C=O) groups is 2. The van der Waals surface area contributed by atoms with Gasteiger partial charge in [-0.1, -0.05) is 0 Å². The molecule has 0 radical (unpaired) electrons. The lowest BCUT2D eigenvalue weighted by atomic mass is 10.2. The number of carboxylic acids is 1. The summed E-state index contributed by atoms with van der Waals surface area (Å²) in [5, 5.41) is 30.3. The summed E-state index contributed by atoms with van der Waals surface area (Å²) < 4.78 is 0. The highest BCUT2D eigenvalue weighted by atomic mass is 16.6. The van der Waals surface area contributed by atoms with Crippen LogP contribution in [0.3, 0.4) is 0 Å². The molecule has 0 spiro atoms.